The first kappa shape index (κ1) is 12.8. The van der Waals surface area contributed by atoms with Crippen LogP contribution in [0, 0.1) is 15.5 Å². The highest BCUT2D eigenvalue weighted by Crippen LogP contribution is 2.57. The van der Waals surface area contributed by atoms with Crippen molar-refractivity contribution in [2.75, 3.05) is 0 Å². The zero-order valence-corrected chi connectivity index (χ0v) is 12.0. The van der Waals surface area contributed by atoms with Gasteiger partial charge in [-0.15, -0.1) is 0 Å². The zero-order valence-electron chi connectivity index (χ0n) is 10.4. The molecule has 0 saturated heterocycles. The van der Waals surface area contributed by atoms with Gasteiger partial charge in [-0.05, 0) is 41.3 Å². The summed E-state index contributed by atoms with van der Waals surface area (Å²) in [6, 6.07) is 3.31. The van der Waals surface area contributed by atoms with Crippen LogP contribution in [0.2, 0.25) is 0 Å². The maximum Gasteiger partial charge on any atom is 0.406 e. The summed E-state index contributed by atoms with van der Waals surface area (Å²) in [6.45, 7) is 0. The van der Waals surface area contributed by atoms with Crippen molar-refractivity contribution in [3.63, 3.8) is 0 Å². The van der Waals surface area contributed by atoms with Crippen LogP contribution in [-0.2, 0) is 0 Å². The molecule has 3 rings (SSSR count). The molecule has 1 heterocycles. The summed E-state index contributed by atoms with van der Waals surface area (Å²) < 4.78 is 5.92. The number of hydrogen-bond donors (Lipinski definition) is 0. The normalized spacial score (nSPS) is 28.1. The molecular weight excluding hydrogens is 312 g/mol. The molecule has 2 fully saturated rings. The Morgan fingerprint density at radius 3 is 2.84 bits per heavy atom. The van der Waals surface area contributed by atoms with Gasteiger partial charge in [0, 0.05) is 10.2 Å². The third kappa shape index (κ3) is 2.02. The van der Waals surface area contributed by atoms with E-state index in [2.05, 4.69) is 20.9 Å². The topological polar surface area (TPSA) is 65.3 Å². The maximum absolute atomic E-state index is 10.9. The number of pyridine rings is 1. The van der Waals surface area contributed by atoms with Gasteiger partial charge in [0.25, 0.3) is 0 Å². The van der Waals surface area contributed by atoms with Crippen LogP contribution in [-0.4, -0.2) is 20.8 Å². The van der Waals surface area contributed by atoms with Crippen LogP contribution in [0.3, 0.4) is 0 Å². The summed E-state index contributed by atoms with van der Waals surface area (Å²) >= 11 is 3.72. The van der Waals surface area contributed by atoms with Crippen molar-refractivity contribution in [3.8, 4) is 5.75 Å². The van der Waals surface area contributed by atoms with Gasteiger partial charge in [-0.3, -0.25) is 0 Å². The monoisotopic (exact) mass is 326 g/mol. The molecule has 2 unspecified atom stereocenters. The van der Waals surface area contributed by atoms with E-state index in [-0.39, 0.29) is 17.3 Å². The highest BCUT2D eigenvalue weighted by atomic mass is 79.9. The molecule has 0 N–H and O–H groups in total. The zero-order chi connectivity index (χ0) is 13.5. The number of halogens is 1. The molecule has 2 atom stereocenters. The average molecular weight is 327 g/mol. The van der Waals surface area contributed by atoms with E-state index in [1.54, 1.807) is 12.1 Å². The van der Waals surface area contributed by atoms with Gasteiger partial charge in [0.15, 0.2) is 0 Å². The quantitative estimate of drug-likeness (QED) is 0.484. The fourth-order valence-corrected chi connectivity index (χ4v) is 4.39. The highest BCUT2D eigenvalue weighted by Gasteiger charge is 2.56. The molecule has 19 heavy (non-hydrogen) atoms. The van der Waals surface area contributed by atoms with Crippen molar-refractivity contribution in [3.05, 3.63) is 28.4 Å². The molecule has 1 aromatic heterocycles. The minimum absolute atomic E-state index is 0.0716. The van der Waals surface area contributed by atoms with E-state index in [4.69, 9.17) is 4.74 Å². The van der Waals surface area contributed by atoms with Gasteiger partial charge in [0.1, 0.15) is 12.3 Å². The Morgan fingerprint density at radius 2 is 2.21 bits per heavy atom. The van der Waals surface area contributed by atoms with Crippen LogP contribution in [0.15, 0.2) is 18.3 Å². The summed E-state index contributed by atoms with van der Waals surface area (Å²) in [5, 5.41) is 10.9. The summed E-state index contributed by atoms with van der Waals surface area (Å²) in [7, 11) is 0. The number of hydrogen-bond acceptors (Lipinski definition) is 4. The predicted molar refractivity (Wildman–Crippen MR) is 73.5 cm³/mol. The van der Waals surface area contributed by atoms with Crippen LogP contribution in [0.4, 0.5) is 5.82 Å². The van der Waals surface area contributed by atoms with E-state index in [9.17, 15) is 10.1 Å². The van der Waals surface area contributed by atoms with Crippen LogP contribution in [0.5, 0.6) is 5.75 Å². The van der Waals surface area contributed by atoms with Crippen molar-refractivity contribution in [2.24, 2.45) is 5.41 Å². The molecule has 5 nitrogen and oxygen atoms in total. The molecule has 102 valence electrons. The molecule has 2 saturated carbocycles. The average Bonchev–Trinajstić information content (AvgIpc) is 2.91. The van der Waals surface area contributed by atoms with E-state index in [1.807, 2.05) is 0 Å². The number of rotatable bonds is 3. The lowest BCUT2D eigenvalue weighted by atomic mass is 9.64. The molecule has 1 spiro atoms. The Balaban J connectivity index is 1.81. The summed E-state index contributed by atoms with van der Waals surface area (Å²) in [4.78, 5) is 14.7. The number of aromatic nitrogens is 1. The second kappa shape index (κ2) is 4.74. The largest absolute Gasteiger partial charge is 0.482 e. The van der Waals surface area contributed by atoms with Gasteiger partial charge in [-0.2, -0.15) is 0 Å². The van der Waals surface area contributed by atoms with Crippen LogP contribution in [0.1, 0.15) is 32.1 Å². The van der Waals surface area contributed by atoms with Crippen molar-refractivity contribution < 1.29 is 9.66 Å². The highest BCUT2D eigenvalue weighted by molar-refractivity contribution is 9.09. The van der Waals surface area contributed by atoms with Crippen LogP contribution < -0.4 is 4.74 Å². The summed E-state index contributed by atoms with van der Waals surface area (Å²) in [6.07, 6.45) is 7.12. The summed E-state index contributed by atoms with van der Waals surface area (Å²) in [5.41, 5.74) is 0.170. The predicted octanol–water partition coefficient (Wildman–Crippen LogP) is 3.46. The lowest BCUT2D eigenvalue weighted by Crippen LogP contribution is -2.55. The number of alkyl halides is 1. The third-order valence-electron chi connectivity index (χ3n) is 4.41. The molecule has 0 aromatic carbocycles. The second-order valence-corrected chi connectivity index (χ2v) is 6.44. The fourth-order valence-electron chi connectivity index (χ4n) is 3.30. The minimum atomic E-state index is -0.485. The van der Waals surface area contributed by atoms with Crippen LogP contribution in [0.25, 0.3) is 0 Å². The molecule has 0 bridgehead atoms. The molecule has 0 amide bonds. The molecule has 0 radical (unpaired) electrons. The van der Waals surface area contributed by atoms with Gasteiger partial charge < -0.3 is 14.9 Å². The van der Waals surface area contributed by atoms with E-state index in [0.717, 1.165) is 19.3 Å². The Kier molecular flexibility index (Phi) is 3.20. The summed E-state index contributed by atoms with van der Waals surface area (Å²) in [5.74, 6) is 0.108. The number of nitro groups is 1. The smallest absolute Gasteiger partial charge is 0.406 e. The van der Waals surface area contributed by atoms with Crippen molar-refractivity contribution >= 4 is 21.7 Å². The second-order valence-electron chi connectivity index (χ2n) is 5.33. The van der Waals surface area contributed by atoms with Gasteiger partial charge in [-0.25, -0.2) is 0 Å². The number of ether oxygens (including phenoxy) is 1. The van der Waals surface area contributed by atoms with E-state index in [1.165, 1.54) is 19.0 Å². The first-order valence-corrected chi connectivity index (χ1v) is 7.45. The van der Waals surface area contributed by atoms with E-state index >= 15 is 0 Å². The van der Waals surface area contributed by atoms with Crippen molar-refractivity contribution in [2.45, 2.75) is 43.0 Å². The first-order chi connectivity index (χ1) is 9.13. The van der Waals surface area contributed by atoms with Gasteiger partial charge in [0.05, 0.1) is 0 Å². The van der Waals surface area contributed by atoms with Crippen molar-refractivity contribution in [1.82, 2.24) is 4.98 Å². The SMILES string of the molecule is O=[N+]([O-])c1ncccc1OC1CC(Br)C12CCCC2. The van der Waals surface area contributed by atoms with Crippen LogP contribution >= 0.6 is 15.9 Å². The first-order valence-electron chi connectivity index (χ1n) is 6.53. The van der Waals surface area contributed by atoms with Crippen molar-refractivity contribution in [1.29, 1.82) is 0 Å². The number of nitrogens with zero attached hydrogens (tertiary/aromatic N) is 2. The maximum atomic E-state index is 10.9. The van der Waals surface area contributed by atoms with E-state index in [0.29, 0.717) is 10.6 Å². The third-order valence-corrected chi connectivity index (χ3v) is 5.70. The molecule has 2 aliphatic rings. The molecule has 6 heteroatoms. The molecule has 2 aliphatic carbocycles. The molecular formula is C13H15BrN2O3. The Hall–Kier alpha value is -1.17. The Labute approximate surface area is 119 Å². The standard InChI is InChI=1S/C13H15BrN2O3/c14-10-8-11(13(10)5-1-2-6-13)19-9-4-3-7-15-12(9)16(17)18/h3-4,7,10-11H,1-2,5-6,8H2. The minimum Gasteiger partial charge on any atom is -0.482 e. The molecule has 0 aliphatic heterocycles. The van der Waals surface area contributed by atoms with Gasteiger partial charge in [0.2, 0.25) is 5.75 Å². The fraction of sp³-hybridized carbons (Fsp3) is 0.615. The molecule has 1 aromatic rings. The Morgan fingerprint density at radius 1 is 1.47 bits per heavy atom. The van der Waals surface area contributed by atoms with E-state index < -0.39 is 4.92 Å². The Bertz CT molecular complexity index is 502. The van der Waals surface area contributed by atoms with Gasteiger partial charge in [-0.1, -0.05) is 28.8 Å². The van der Waals surface area contributed by atoms with Gasteiger partial charge >= 0.3 is 5.82 Å². The lowest BCUT2D eigenvalue weighted by Gasteiger charge is -2.51. The lowest BCUT2D eigenvalue weighted by molar-refractivity contribution is -0.391.